The molecule has 0 rings (SSSR count). The second-order valence-electron chi connectivity index (χ2n) is 2.07. The fourth-order valence-electron chi connectivity index (χ4n) is 0.685. The number of likely N-dealkylation sites (N-methyl/N-ethyl adjacent to an activating group) is 1. The van der Waals surface area contributed by atoms with Crippen molar-refractivity contribution in [2.75, 3.05) is 19.7 Å². The van der Waals surface area contributed by atoms with Crippen LogP contribution in [0.25, 0.3) is 0 Å². The Labute approximate surface area is 71.8 Å². The molecular weight excluding hydrogens is 158 g/mol. The van der Waals surface area contributed by atoms with Crippen molar-refractivity contribution in [2.24, 2.45) is 0 Å². The van der Waals surface area contributed by atoms with E-state index in [0.29, 0.717) is 19.4 Å². The summed E-state index contributed by atoms with van der Waals surface area (Å²) in [7, 11) is 0. The van der Waals surface area contributed by atoms with Crippen molar-refractivity contribution in [3.05, 3.63) is 12.7 Å². The number of carbonyl (C=O) groups is 2. The topological polar surface area (TPSA) is 46.6 Å². The summed E-state index contributed by atoms with van der Waals surface area (Å²) in [6.45, 7) is 6.11. The molecule has 0 fully saturated rings. The zero-order valence-electron chi connectivity index (χ0n) is 7.16. The van der Waals surface area contributed by atoms with Crippen LogP contribution in [-0.2, 0) is 9.53 Å². The van der Waals surface area contributed by atoms with Gasteiger partial charge in [0, 0.05) is 13.1 Å². The van der Waals surface area contributed by atoms with Crippen molar-refractivity contribution >= 4 is 12.4 Å². The predicted molar refractivity (Wildman–Crippen MR) is 44.9 cm³/mol. The molecule has 68 valence electrons. The van der Waals surface area contributed by atoms with Crippen LogP contribution in [0.1, 0.15) is 6.92 Å². The molecule has 0 heterocycles. The van der Waals surface area contributed by atoms with Crippen LogP contribution in [0.5, 0.6) is 0 Å². The molecule has 0 saturated carbocycles. The van der Waals surface area contributed by atoms with Crippen LogP contribution in [0.2, 0.25) is 0 Å². The van der Waals surface area contributed by atoms with Crippen LogP contribution in [0, 0.1) is 0 Å². The lowest BCUT2D eigenvalue weighted by molar-refractivity contribution is -0.110. The first-order valence-electron chi connectivity index (χ1n) is 3.72. The molecule has 0 unspecified atom stereocenters. The van der Waals surface area contributed by atoms with Gasteiger partial charge in [0.2, 0.25) is 0 Å². The highest BCUT2D eigenvalue weighted by Crippen LogP contribution is 1.92. The van der Waals surface area contributed by atoms with Crippen LogP contribution >= 0.6 is 0 Å². The van der Waals surface area contributed by atoms with Crippen LogP contribution < -0.4 is 0 Å². The van der Waals surface area contributed by atoms with Crippen molar-refractivity contribution < 1.29 is 14.3 Å². The molecule has 0 N–H and O–H groups in total. The first-order chi connectivity index (χ1) is 5.76. The highest BCUT2D eigenvalue weighted by atomic mass is 16.6. The Kier molecular flexibility index (Phi) is 5.69. The third kappa shape index (κ3) is 3.75. The van der Waals surface area contributed by atoms with Crippen LogP contribution in [0.15, 0.2) is 12.7 Å². The van der Waals surface area contributed by atoms with Gasteiger partial charge in [-0.05, 0) is 6.92 Å². The van der Waals surface area contributed by atoms with Gasteiger partial charge in [0.05, 0.1) is 0 Å². The SMILES string of the molecule is C=CCN(CC)C(=O)OCC=O. The molecule has 0 aliphatic heterocycles. The Morgan fingerprint density at radius 3 is 2.75 bits per heavy atom. The molecule has 4 nitrogen and oxygen atoms in total. The van der Waals surface area contributed by atoms with Crippen molar-refractivity contribution in [1.29, 1.82) is 0 Å². The average molecular weight is 171 g/mol. The molecule has 0 saturated heterocycles. The molecule has 0 aromatic heterocycles. The van der Waals surface area contributed by atoms with E-state index in [1.165, 1.54) is 4.90 Å². The van der Waals surface area contributed by atoms with Crippen molar-refractivity contribution in [3.8, 4) is 0 Å². The van der Waals surface area contributed by atoms with E-state index in [9.17, 15) is 9.59 Å². The standard InChI is InChI=1S/C8H13NO3/c1-3-5-9(4-2)8(11)12-7-6-10/h3,6H,1,4-5,7H2,2H3. The minimum Gasteiger partial charge on any atom is -0.442 e. The summed E-state index contributed by atoms with van der Waals surface area (Å²) >= 11 is 0. The lowest BCUT2D eigenvalue weighted by Gasteiger charge is -2.17. The second-order valence-corrected chi connectivity index (χ2v) is 2.07. The van der Waals surface area contributed by atoms with Crippen LogP contribution in [0.4, 0.5) is 4.79 Å². The van der Waals surface area contributed by atoms with Crippen molar-refractivity contribution in [2.45, 2.75) is 6.92 Å². The minimum absolute atomic E-state index is 0.188. The summed E-state index contributed by atoms with van der Waals surface area (Å²) in [5, 5.41) is 0. The average Bonchev–Trinajstić information content (AvgIpc) is 2.10. The second kappa shape index (κ2) is 6.39. The van der Waals surface area contributed by atoms with Gasteiger partial charge >= 0.3 is 6.09 Å². The molecule has 0 aliphatic rings. The highest BCUT2D eigenvalue weighted by Gasteiger charge is 2.09. The maximum absolute atomic E-state index is 11.0. The Balaban J connectivity index is 3.84. The summed E-state index contributed by atoms with van der Waals surface area (Å²) in [5.41, 5.74) is 0. The summed E-state index contributed by atoms with van der Waals surface area (Å²) in [6, 6.07) is 0. The number of carbonyl (C=O) groups excluding carboxylic acids is 2. The summed E-state index contributed by atoms with van der Waals surface area (Å²) < 4.78 is 4.57. The number of nitrogens with zero attached hydrogens (tertiary/aromatic N) is 1. The zero-order chi connectivity index (χ0) is 9.40. The van der Waals surface area contributed by atoms with Gasteiger partial charge in [-0.15, -0.1) is 6.58 Å². The molecular formula is C8H13NO3. The van der Waals surface area contributed by atoms with Gasteiger partial charge in [0.15, 0.2) is 6.29 Å². The molecule has 0 radical (unpaired) electrons. The van der Waals surface area contributed by atoms with Crippen LogP contribution in [-0.4, -0.2) is 37.0 Å². The van der Waals surface area contributed by atoms with Crippen molar-refractivity contribution in [3.63, 3.8) is 0 Å². The lowest BCUT2D eigenvalue weighted by atomic mass is 10.5. The van der Waals surface area contributed by atoms with E-state index in [1.807, 2.05) is 6.92 Å². The molecule has 4 heteroatoms. The zero-order valence-corrected chi connectivity index (χ0v) is 7.16. The van der Waals surface area contributed by atoms with E-state index in [2.05, 4.69) is 11.3 Å². The van der Waals surface area contributed by atoms with E-state index in [1.54, 1.807) is 6.08 Å². The predicted octanol–water partition coefficient (Wildman–Crippen LogP) is 0.830. The monoisotopic (exact) mass is 171 g/mol. The molecule has 12 heavy (non-hydrogen) atoms. The Hall–Kier alpha value is -1.32. The number of amides is 1. The van der Waals surface area contributed by atoms with Gasteiger partial charge < -0.3 is 9.64 Å². The Bertz CT molecular complexity index is 168. The summed E-state index contributed by atoms with van der Waals surface area (Å²) in [6.07, 6.45) is 1.66. The van der Waals surface area contributed by atoms with Gasteiger partial charge in [-0.1, -0.05) is 6.08 Å². The van der Waals surface area contributed by atoms with E-state index < -0.39 is 6.09 Å². The summed E-state index contributed by atoms with van der Waals surface area (Å²) in [5.74, 6) is 0. The third-order valence-corrected chi connectivity index (χ3v) is 1.26. The molecule has 0 spiro atoms. The number of aldehydes is 1. The lowest BCUT2D eigenvalue weighted by Crippen LogP contribution is -2.31. The fourth-order valence-corrected chi connectivity index (χ4v) is 0.685. The minimum atomic E-state index is -0.482. The van der Waals surface area contributed by atoms with Gasteiger partial charge in [-0.25, -0.2) is 4.79 Å². The van der Waals surface area contributed by atoms with Gasteiger partial charge in [-0.3, -0.25) is 4.79 Å². The molecule has 0 aromatic rings. The van der Waals surface area contributed by atoms with Gasteiger partial charge in [-0.2, -0.15) is 0 Å². The molecule has 1 amide bonds. The van der Waals surface area contributed by atoms with Gasteiger partial charge in [0.25, 0.3) is 0 Å². The largest absolute Gasteiger partial charge is 0.442 e. The van der Waals surface area contributed by atoms with Crippen molar-refractivity contribution in [1.82, 2.24) is 4.90 Å². The van der Waals surface area contributed by atoms with E-state index in [-0.39, 0.29) is 6.61 Å². The number of ether oxygens (including phenoxy) is 1. The maximum atomic E-state index is 11.0. The number of hydrogen-bond acceptors (Lipinski definition) is 3. The van der Waals surface area contributed by atoms with E-state index >= 15 is 0 Å². The Morgan fingerprint density at radius 2 is 2.33 bits per heavy atom. The quantitative estimate of drug-likeness (QED) is 0.454. The fraction of sp³-hybridized carbons (Fsp3) is 0.500. The normalized spacial score (nSPS) is 8.75. The highest BCUT2D eigenvalue weighted by molar-refractivity contribution is 5.69. The molecule has 0 aromatic carbocycles. The maximum Gasteiger partial charge on any atom is 0.410 e. The third-order valence-electron chi connectivity index (χ3n) is 1.26. The number of hydrogen-bond donors (Lipinski definition) is 0. The first kappa shape index (κ1) is 10.7. The molecule has 0 bridgehead atoms. The summed E-state index contributed by atoms with van der Waals surface area (Å²) in [4.78, 5) is 22.3. The Morgan fingerprint density at radius 1 is 1.67 bits per heavy atom. The number of rotatable bonds is 5. The first-order valence-corrected chi connectivity index (χ1v) is 3.72. The van der Waals surface area contributed by atoms with Gasteiger partial charge in [0.1, 0.15) is 6.61 Å². The van der Waals surface area contributed by atoms with Crippen LogP contribution in [0.3, 0.4) is 0 Å². The van der Waals surface area contributed by atoms with E-state index in [0.717, 1.165) is 0 Å². The molecule has 0 aliphatic carbocycles. The molecule has 0 atom stereocenters. The van der Waals surface area contributed by atoms with E-state index in [4.69, 9.17) is 0 Å². The smallest absolute Gasteiger partial charge is 0.410 e.